The normalized spacial score (nSPS) is 11.1. The smallest absolute Gasteiger partial charge is 0.291 e. The van der Waals surface area contributed by atoms with Crippen molar-refractivity contribution in [2.45, 2.75) is 0 Å². The van der Waals surface area contributed by atoms with Gasteiger partial charge in [-0.25, -0.2) is 4.98 Å². The number of halogens is 1. The van der Waals surface area contributed by atoms with E-state index in [4.69, 9.17) is 16.0 Å². The average molecular weight is 407 g/mol. The van der Waals surface area contributed by atoms with E-state index in [0.29, 0.717) is 27.9 Å². The van der Waals surface area contributed by atoms with Crippen molar-refractivity contribution in [1.82, 2.24) is 9.38 Å². The Morgan fingerprint density at radius 3 is 2.48 bits per heavy atom. The molecule has 1 aromatic carbocycles. The Labute approximate surface area is 170 Å². The molecule has 0 unspecified atom stereocenters. The van der Waals surface area contributed by atoms with Crippen LogP contribution in [-0.2, 0) is 4.79 Å². The van der Waals surface area contributed by atoms with Crippen LogP contribution in [0.4, 0.5) is 11.4 Å². The summed E-state index contributed by atoms with van der Waals surface area (Å²) in [7, 11) is 0. The molecule has 2 amide bonds. The number of nitrogens with zero attached hydrogens (tertiary/aromatic N) is 2. The molecule has 0 radical (unpaired) electrons. The van der Waals surface area contributed by atoms with Crippen LogP contribution in [0, 0.1) is 0 Å². The van der Waals surface area contributed by atoms with E-state index in [2.05, 4.69) is 15.6 Å². The van der Waals surface area contributed by atoms with E-state index < -0.39 is 0 Å². The van der Waals surface area contributed by atoms with Crippen LogP contribution in [0.3, 0.4) is 0 Å². The zero-order chi connectivity index (χ0) is 20.2. The number of rotatable bonds is 5. The number of carbonyl (C=O) groups is 2. The predicted octanol–water partition coefficient (Wildman–Crippen LogP) is 4.48. The van der Waals surface area contributed by atoms with Gasteiger partial charge in [-0.2, -0.15) is 0 Å². The number of aromatic nitrogens is 2. The van der Waals surface area contributed by atoms with E-state index in [0.717, 1.165) is 0 Å². The van der Waals surface area contributed by atoms with Gasteiger partial charge in [0.2, 0.25) is 5.91 Å². The maximum Gasteiger partial charge on any atom is 0.291 e. The molecule has 2 N–H and O–H groups in total. The second-order valence-corrected chi connectivity index (χ2v) is 6.41. The van der Waals surface area contributed by atoms with Crippen molar-refractivity contribution in [3.05, 3.63) is 89.7 Å². The maximum absolute atomic E-state index is 12.2. The first-order valence-electron chi connectivity index (χ1n) is 8.67. The lowest BCUT2D eigenvalue weighted by Crippen LogP contribution is -2.11. The highest BCUT2D eigenvalue weighted by Crippen LogP contribution is 2.19. The van der Waals surface area contributed by atoms with Gasteiger partial charge in [-0.1, -0.05) is 17.7 Å². The van der Waals surface area contributed by atoms with Gasteiger partial charge in [0.05, 0.1) is 12.0 Å². The van der Waals surface area contributed by atoms with E-state index in [9.17, 15) is 9.59 Å². The Kier molecular flexibility index (Phi) is 5.13. The van der Waals surface area contributed by atoms with Gasteiger partial charge in [0.25, 0.3) is 5.91 Å². The summed E-state index contributed by atoms with van der Waals surface area (Å²) in [5.74, 6) is -0.447. The lowest BCUT2D eigenvalue weighted by molar-refractivity contribution is -0.111. The SMILES string of the molecule is O=C(/C=C/c1c(Cl)nc2ccccn12)Nc1ccc(NC(=O)c2ccco2)cc1. The zero-order valence-corrected chi connectivity index (χ0v) is 15.8. The molecule has 3 aromatic heterocycles. The van der Waals surface area contributed by atoms with Crippen molar-refractivity contribution in [3.63, 3.8) is 0 Å². The summed E-state index contributed by atoms with van der Waals surface area (Å²) in [5, 5.41) is 5.77. The van der Waals surface area contributed by atoms with Crippen LogP contribution in [0.15, 0.2) is 77.6 Å². The van der Waals surface area contributed by atoms with Crippen LogP contribution in [0.5, 0.6) is 0 Å². The number of pyridine rings is 1. The minimum Gasteiger partial charge on any atom is -0.459 e. The van der Waals surface area contributed by atoms with E-state index in [1.54, 1.807) is 46.9 Å². The van der Waals surface area contributed by atoms with E-state index in [-0.39, 0.29) is 17.6 Å². The van der Waals surface area contributed by atoms with Crippen molar-refractivity contribution in [2.24, 2.45) is 0 Å². The highest BCUT2D eigenvalue weighted by atomic mass is 35.5. The number of amides is 2. The molecule has 4 rings (SSSR count). The zero-order valence-electron chi connectivity index (χ0n) is 15.0. The third-order valence-electron chi connectivity index (χ3n) is 4.07. The quantitative estimate of drug-likeness (QED) is 0.478. The Hall–Kier alpha value is -3.84. The van der Waals surface area contributed by atoms with Crippen molar-refractivity contribution in [3.8, 4) is 0 Å². The standard InChI is InChI=1S/C21H15ClN4O3/c22-20-16(26-12-2-1-5-18(26)25-20)10-11-19(27)23-14-6-8-15(9-7-14)24-21(28)17-4-3-13-29-17/h1-13H,(H,23,27)(H,24,28)/b11-10+. The molecule has 3 heterocycles. The first-order chi connectivity index (χ1) is 14.1. The summed E-state index contributed by atoms with van der Waals surface area (Å²) in [6.45, 7) is 0. The Bertz CT molecular complexity index is 1190. The predicted molar refractivity (Wildman–Crippen MR) is 111 cm³/mol. The van der Waals surface area contributed by atoms with E-state index in [1.807, 2.05) is 24.4 Å². The molecule has 0 aliphatic carbocycles. The molecule has 29 heavy (non-hydrogen) atoms. The molecule has 0 bridgehead atoms. The van der Waals surface area contributed by atoms with Crippen LogP contribution >= 0.6 is 11.6 Å². The number of nitrogens with one attached hydrogen (secondary N) is 2. The fraction of sp³-hybridized carbons (Fsp3) is 0. The van der Waals surface area contributed by atoms with Gasteiger partial charge in [-0.05, 0) is 54.6 Å². The molecule has 0 aliphatic heterocycles. The van der Waals surface area contributed by atoms with Gasteiger partial charge in [-0.15, -0.1) is 0 Å². The van der Waals surface area contributed by atoms with Crippen molar-refractivity contribution < 1.29 is 14.0 Å². The third-order valence-corrected chi connectivity index (χ3v) is 4.35. The van der Waals surface area contributed by atoms with Crippen molar-refractivity contribution in [2.75, 3.05) is 10.6 Å². The topological polar surface area (TPSA) is 88.6 Å². The van der Waals surface area contributed by atoms with Gasteiger partial charge in [-0.3, -0.25) is 14.0 Å². The van der Waals surface area contributed by atoms with Gasteiger partial charge in [0.1, 0.15) is 5.65 Å². The minimum absolute atomic E-state index is 0.221. The summed E-state index contributed by atoms with van der Waals surface area (Å²) >= 11 is 6.15. The highest BCUT2D eigenvalue weighted by molar-refractivity contribution is 6.31. The Morgan fingerprint density at radius 1 is 1.00 bits per heavy atom. The van der Waals surface area contributed by atoms with E-state index in [1.165, 1.54) is 12.3 Å². The minimum atomic E-state index is -0.348. The number of furan rings is 1. The van der Waals surface area contributed by atoms with Gasteiger partial charge in [0, 0.05) is 23.6 Å². The van der Waals surface area contributed by atoms with Crippen LogP contribution in [-0.4, -0.2) is 21.2 Å². The molecule has 8 heteroatoms. The third kappa shape index (κ3) is 4.20. The van der Waals surface area contributed by atoms with Gasteiger partial charge < -0.3 is 15.1 Å². The van der Waals surface area contributed by atoms with Crippen molar-refractivity contribution in [1.29, 1.82) is 0 Å². The molecule has 0 saturated heterocycles. The summed E-state index contributed by atoms with van der Waals surface area (Å²) in [4.78, 5) is 28.4. The molecular weight excluding hydrogens is 392 g/mol. The highest BCUT2D eigenvalue weighted by Gasteiger charge is 2.09. The van der Waals surface area contributed by atoms with Gasteiger partial charge >= 0.3 is 0 Å². The summed E-state index contributed by atoms with van der Waals surface area (Å²) < 4.78 is 6.84. The first kappa shape index (κ1) is 18.5. The molecule has 144 valence electrons. The number of hydrogen-bond acceptors (Lipinski definition) is 4. The molecule has 0 aliphatic rings. The fourth-order valence-electron chi connectivity index (χ4n) is 2.71. The molecule has 0 saturated carbocycles. The molecule has 7 nitrogen and oxygen atoms in total. The van der Waals surface area contributed by atoms with Crippen LogP contribution in [0.2, 0.25) is 5.15 Å². The largest absolute Gasteiger partial charge is 0.459 e. The Balaban J connectivity index is 1.40. The van der Waals surface area contributed by atoms with Crippen LogP contribution in [0.25, 0.3) is 11.7 Å². The first-order valence-corrected chi connectivity index (χ1v) is 9.04. The number of carbonyl (C=O) groups excluding carboxylic acids is 2. The molecule has 4 aromatic rings. The summed E-state index contributed by atoms with van der Waals surface area (Å²) in [5.41, 5.74) is 2.48. The monoisotopic (exact) mass is 406 g/mol. The lowest BCUT2D eigenvalue weighted by atomic mass is 10.2. The second kappa shape index (κ2) is 8.04. The number of imidazole rings is 1. The fourth-order valence-corrected chi connectivity index (χ4v) is 2.95. The molecule has 0 spiro atoms. The maximum atomic E-state index is 12.2. The number of fused-ring (bicyclic) bond motifs is 1. The average Bonchev–Trinajstić information content (AvgIpc) is 3.35. The molecular formula is C21H15ClN4O3. The molecule has 0 atom stereocenters. The second-order valence-electron chi connectivity index (χ2n) is 6.05. The lowest BCUT2D eigenvalue weighted by Gasteiger charge is -2.06. The van der Waals surface area contributed by atoms with Crippen LogP contribution < -0.4 is 10.6 Å². The number of hydrogen-bond donors (Lipinski definition) is 2. The van der Waals surface area contributed by atoms with E-state index >= 15 is 0 Å². The molecule has 0 fully saturated rings. The van der Waals surface area contributed by atoms with Gasteiger partial charge in [0.15, 0.2) is 10.9 Å². The summed E-state index contributed by atoms with van der Waals surface area (Å²) in [6, 6.07) is 15.5. The van der Waals surface area contributed by atoms with Crippen LogP contribution in [0.1, 0.15) is 16.2 Å². The Morgan fingerprint density at radius 2 is 1.76 bits per heavy atom. The van der Waals surface area contributed by atoms with Crippen molar-refractivity contribution >= 4 is 46.5 Å². The summed E-state index contributed by atoms with van der Waals surface area (Å²) in [6.07, 6.45) is 6.24. The number of benzene rings is 1. The number of anilines is 2.